The second-order valence-electron chi connectivity index (χ2n) is 6.16. The van der Waals surface area contributed by atoms with Crippen LogP contribution in [0.3, 0.4) is 0 Å². The Morgan fingerprint density at radius 3 is 2.73 bits per heavy atom. The van der Waals surface area contributed by atoms with E-state index in [1.54, 1.807) is 11.8 Å². The van der Waals surface area contributed by atoms with Crippen molar-refractivity contribution in [1.82, 2.24) is 5.32 Å². The highest BCUT2D eigenvalue weighted by Gasteiger charge is 2.04. The van der Waals surface area contributed by atoms with Crippen LogP contribution in [0.25, 0.3) is 10.8 Å². The van der Waals surface area contributed by atoms with Gasteiger partial charge in [0.15, 0.2) is 0 Å². The van der Waals surface area contributed by atoms with Gasteiger partial charge in [-0.1, -0.05) is 66.2 Å². The smallest absolute Gasteiger partial charge is 0.230 e. The van der Waals surface area contributed by atoms with Crippen LogP contribution >= 0.6 is 11.8 Å². The molecule has 0 aliphatic rings. The van der Waals surface area contributed by atoms with Crippen LogP contribution in [0, 0.1) is 6.92 Å². The van der Waals surface area contributed by atoms with Gasteiger partial charge >= 0.3 is 0 Å². The van der Waals surface area contributed by atoms with E-state index in [1.807, 2.05) is 30.3 Å². The fraction of sp³-hybridized carbons (Fsp3) is 0.227. The molecule has 3 nitrogen and oxygen atoms in total. The van der Waals surface area contributed by atoms with Gasteiger partial charge in [-0.25, -0.2) is 0 Å². The van der Waals surface area contributed by atoms with E-state index in [1.165, 1.54) is 11.1 Å². The summed E-state index contributed by atoms with van der Waals surface area (Å²) in [6.45, 7) is 3.05. The first kappa shape index (κ1) is 18.3. The summed E-state index contributed by atoms with van der Waals surface area (Å²) in [6, 6.07) is 22.5. The maximum atomic E-state index is 11.9. The molecule has 3 aromatic carbocycles. The second-order valence-corrected chi connectivity index (χ2v) is 7.14. The zero-order valence-corrected chi connectivity index (χ0v) is 15.7. The van der Waals surface area contributed by atoms with Crippen LogP contribution in [0.5, 0.6) is 5.75 Å². The molecular weight excluding hydrogens is 342 g/mol. The Kier molecular flexibility index (Phi) is 6.56. The summed E-state index contributed by atoms with van der Waals surface area (Å²) >= 11 is 1.63. The van der Waals surface area contributed by atoms with Gasteiger partial charge in [0, 0.05) is 11.1 Å². The molecule has 3 aromatic rings. The number of amides is 1. The van der Waals surface area contributed by atoms with Crippen LogP contribution in [-0.2, 0) is 10.5 Å². The van der Waals surface area contributed by atoms with Crippen LogP contribution in [0.15, 0.2) is 66.7 Å². The number of aryl methyl sites for hydroxylation is 1. The van der Waals surface area contributed by atoms with Crippen molar-refractivity contribution < 1.29 is 9.53 Å². The number of hydrogen-bond acceptors (Lipinski definition) is 3. The van der Waals surface area contributed by atoms with Gasteiger partial charge in [-0.3, -0.25) is 4.79 Å². The minimum atomic E-state index is 0.0455. The summed E-state index contributed by atoms with van der Waals surface area (Å²) in [5, 5.41) is 5.16. The molecule has 0 atom stereocenters. The summed E-state index contributed by atoms with van der Waals surface area (Å²) in [7, 11) is 0. The molecule has 1 N–H and O–H groups in total. The van der Waals surface area contributed by atoms with E-state index in [-0.39, 0.29) is 5.91 Å². The number of thioether (sulfide) groups is 1. The summed E-state index contributed by atoms with van der Waals surface area (Å²) < 4.78 is 5.84. The molecule has 3 rings (SSSR count). The van der Waals surface area contributed by atoms with Crippen molar-refractivity contribution in [3.05, 3.63) is 77.9 Å². The maximum Gasteiger partial charge on any atom is 0.230 e. The Bertz CT molecular complexity index is 873. The lowest BCUT2D eigenvalue weighted by atomic mass is 10.1. The van der Waals surface area contributed by atoms with E-state index in [0.29, 0.717) is 18.9 Å². The second kappa shape index (κ2) is 9.30. The van der Waals surface area contributed by atoms with Crippen molar-refractivity contribution in [3.63, 3.8) is 0 Å². The molecule has 0 saturated carbocycles. The van der Waals surface area contributed by atoms with E-state index >= 15 is 0 Å². The van der Waals surface area contributed by atoms with Gasteiger partial charge in [0.25, 0.3) is 0 Å². The lowest BCUT2D eigenvalue weighted by molar-refractivity contribution is -0.118. The number of fused-ring (bicyclic) bond motifs is 1. The Morgan fingerprint density at radius 1 is 1.04 bits per heavy atom. The standard InChI is InChI=1S/C22H23NO2S/c1-17-6-4-7-18(14-17)15-26-16-22(24)23-12-13-25-21-11-5-9-19-8-2-3-10-20(19)21/h2-11,14H,12-13,15-16H2,1H3,(H,23,24). The Morgan fingerprint density at radius 2 is 1.85 bits per heavy atom. The molecule has 0 saturated heterocycles. The summed E-state index contributed by atoms with van der Waals surface area (Å²) in [5.41, 5.74) is 2.50. The van der Waals surface area contributed by atoms with Gasteiger partial charge in [0.05, 0.1) is 12.3 Å². The quantitative estimate of drug-likeness (QED) is 0.594. The van der Waals surface area contributed by atoms with Gasteiger partial charge in [-0.2, -0.15) is 0 Å². The molecule has 0 heterocycles. The lowest BCUT2D eigenvalue weighted by Crippen LogP contribution is -2.29. The highest BCUT2D eigenvalue weighted by Crippen LogP contribution is 2.24. The van der Waals surface area contributed by atoms with Crippen LogP contribution in [0.4, 0.5) is 0 Å². The van der Waals surface area contributed by atoms with Crippen molar-refractivity contribution in [2.24, 2.45) is 0 Å². The number of carbonyl (C=O) groups excluding carboxylic acids is 1. The van der Waals surface area contributed by atoms with E-state index in [9.17, 15) is 4.79 Å². The first-order valence-corrected chi connectivity index (χ1v) is 9.88. The summed E-state index contributed by atoms with van der Waals surface area (Å²) in [6.07, 6.45) is 0. The molecular formula is C22H23NO2S. The molecule has 4 heteroatoms. The van der Waals surface area contributed by atoms with Crippen LogP contribution in [-0.4, -0.2) is 24.8 Å². The predicted molar refractivity (Wildman–Crippen MR) is 110 cm³/mol. The molecule has 0 aliphatic heterocycles. The van der Waals surface area contributed by atoms with E-state index in [2.05, 4.69) is 48.6 Å². The van der Waals surface area contributed by atoms with Crippen molar-refractivity contribution >= 4 is 28.4 Å². The minimum Gasteiger partial charge on any atom is -0.491 e. The molecule has 0 radical (unpaired) electrons. The molecule has 0 unspecified atom stereocenters. The lowest BCUT2D eigenvalue weighted by Gasteiger charge is -2.10. The van der Waals surface area contributed by atoms with Crippen molar-refractivity contribution in [1.29, 1.82) is 0 Å². The summed E-state index contributed by atoms with van der Waals surface area (Å²) in [5.74, 6) is 2.21. The van der Waals surface area contributed by atoms with E-state index < -0.39 is 0 Å². The first-order chi connectivity index (χ1) is 12.7. The first-order valence-electron chi connectivity index (χ1n) is 8.73. The fourth-order valence-electron chi connectivity index (χ4n) is 2.79. The van der Waals surface area contributed by atoms with E-state index in [0.717, 1.165) is 22.3 Å². The zero-order valence-electron chi connectivity index (χ0n) is 14.9. The average molecular weight is 365 g/mol. The third kappa shape index (κ3) is 5.27. The maximum absolute atomic E-state index is 11.9. The minimum absolute atomic E-state index is 0.0455. The Hall–Kier alpha value is -2.46. The molecule has 1 amide bonds. The zero-order chi connectivity index (χ0) is 18.2. The van der Waals surface area contributed by atoms with Gasteiger partial charge in [0.2, 0.25) is 5.91 Å². The normalized spacial score (nSPS) is 10.7. The highest BCUT2D eigenvalue weighted by molar-refractivity contribution is 7.99. The van der Waals surface area contributed by atoms with E-state index in [4.69, 9.17) is 4.74 Å². The van der Waals surface area contributed by atoms with Gasteiger partial charge < -0.3 is 10.1 Å². The number of ether oxygens (including phenoxy) is 1. The molecule has 0 fully saturated rings. The largest absolute Gasteiger partial charge is 0.491 e. The van der Waals surface area contributed by atoms with Gasteiger partial charge in [0.1, 0.15) is 12.4 Å². The number of carbonyl (C=O) groups is 1. The number of nitrogens with one attached hydrogen (secondary N) is 1. The van der Waals surface area contributed by atoms with Crippen LogP contribution < -0.4 is 10.1 Å². The molecule has 0 bridgehead atoms. The number of benzene rings is 3. The third-order valence-electron chi connectivity index (χ3n) is 4.02. The van der Waals surface area contributed by atoms with Crippen LogP contribution in [0.1, 0.15) is 11.1 Å². The van der Waals surface area contributed by atoms with Crippen LogP contribution in [0.2, 0.25) is 0 Å². The monoisotopic (exact) mass is 365 g/mol. The summed E-state index contributed by atoms with van der Waals surface area (Å²) in [4.78, 5) is 11.9. The van der Waals surface area contributed by atoms with Crippen molar-refractivity contribution in [2.75, 3.05) is 18.9 Å². The van der Waals surface area contributed by atoms with Crippen molar-refractivity contribution in [2.45, 2.75) is 12.7 Å². The van der Waals surface area contributed by atoms with Gasteiger partial charge in [-0.15, -0.1) is 11.8 Å². The number of hydrogen-bond donors (Lipinski definition) is 1. The third-order valence-corrected chi connectivity index (χ3v) is 5.02. The molecule has 134 valence electrons. The fourth-order valence-corrected chi connectivity index (χ4v) is 3.59. The Balaban J connectivity index is 1.37. The molecule has 0 spiro atoms. The Labute approximate surface area is 158 Å². The number of rotatable bonds is 8. The van der Waals surface area contributed by atoms with Crippen molar-refractivity contribution in [3.8, 4) is 5.75 Å². The van der Waals surface area contributed by atoms with Gasteiger partial charge in [-0.05, 0) is 23.9 Å². The molecule has 0 aliphatic carbocycles. The average Bonchev–Trinajstić information content (AvgIpc) is 2.65. The SMILES string of the molecule is Cc1cccc(CSCC(=O)NCCOc2cccc3ccccc23)c1. The molecule has 0 aromatic heterocycles. The highest BCUT2D eigenvalue weighted by atomic mass is 32.2. The topological polar surface area (TPSA) is 38.3 Å². The predicted octanol–water partition coefficient (Wildman–Crippen LogP) is 4.58. The molecule has 26 heavy (non-hydrogen) atoms.